The van der Waals surface area contributed by atoms with Crippen molar-refractivity contribution in [2.75, 3.05) is 11.9 Å². The fourth-order valence-corrected chi connectivity index (χ4v) is 1.47. The first kappa shape index (κ1) is 12.8. The topological polar surface area (TPSA) is 34.1 Å². The van der Waals surface area contributed by atoms with E-state index in [1.54, 1.807) is 6.20 Å². The summed E-state index contributed by atoms with van der Waals surface area (Å²) >= 11 is 0. The molecule has 0 radical (unpaired) electrons. The maximum absolute atomic E-state index is 5.55. The molecule has 0 spiro atoms. The Balaban J connectivity index is 2.87. The quantitative estimate of drug-likeness (QED) is 0.800. The Morgan fingerprint density at radius 3 is 2.56 bits per heavy atom. The van der Waals surface area contributed by atoms with Crippen molar-refractivity contribution < 1.29 is 4.74 Å². The molecule has 3 heteroatoms. The van der Waals surface area contributed by atoms with E-state index < -0.39 is 0 Å². The van der Waals surface area contributed by atoms with Crippen molar-refractivity contribution in [2.45, 2.75) is 46.1 Å². The molecule has 3 nitrogen and oxygen atoms in total. The van der Waals surface area contributed by atoms with Crippen LogP contribution in [-0.2, 0) is 0 Å². The molecule has 0 unspecified atom stereocenters. The van der Waals surface area contributed by atoms with E-state index in [4.69, 9.17) is 4.74 Å². The Labute approximate surface area is 98.2 Å². The molecule has 0 aliphatic heterocycles. The van der Waals surface area contributed by atoms with E-state index in [0.717, 1.165) is 24.4 Å². The van der Waals surface area contributed by atoms with Crippen LogP contribution in [0.1, 0.15) is 40.5 Å². The molecule has 0 aliphatic carbocycles. The van der Waals surface area contributed by atoms with E-state index in [-0.39, 0.29) is 5.54 Å². The molecular weight excluding hydrogens is 200 g/mol. The van der Waals surface area contributed by atoms with Crippen LogP contribution in [-0.4, -0.2) is 17.1 Å². The van der Waals surface area contributed by atoms with Crippen molar-refractivity contribution in [1.29, 1.82) is 0 Å². The number of hydrogen-bond acceptors (Lipinski definition) is 3. The van der Waals surface area contributed by atoms with Crippen molar-refractivity contribution in [3.8, 4) is 5.75 Å². The van der Waals surface area contributed by atoms with Gasteiger partial charge in [-0.05, 0) is 38.8 Å². The van der Waals surface area contributed by atoms with Gasteiger partial charge in [0.2, 0.25) is 0 Å². The van der Waals surface area contributed by atoms with Crippen LogP contribution < -0.4 is 10.1 Å². The standard InChI is InChI=1S/C13H22N2O/c1-5-13(4,6-2)15-12-11(16-7-3)9-8-10-14-12/h8-10H,5-7H2,1-4H3,(H,14,15). The smallest absolute Gasteiger partial charge is 0.169 e. The van der Waals surface area contributed by atoms with Gasteiger partial charge in [-0.15, -0.1) is 0 Å². The van der Waals surface area contributed by atoms with Crippen LogP contribution in [0.25, 0.3) is 0 Å². The number of nitrogens with one attached hydrogen (secondary N) is 1. The normalized spacial score (nSPS) is 11.2. The van der Waals surface area contributed by atoms with Gasteiger partial charge in [-0.1, -0.05) is 13.8 Å². The summed E-state index contributed by atoms with van der Waals surface area (Å²) in [7, 11) is 0. The minimum atomic E-state index is 0.0835. The summed E-state index contributed by atoms with van der Waals surface area (Å²) in [5.41, 5.74) is 0.0835. The molecule has 0 fully saturated rings. The summed E-state index contributed by atoms with van der Waals surface area (Å²) in [6, 6.07) is 3.84. The highest BCUT2D eigenvalue weighted by atomic mass is 16.5. The Bertz CT molecular complexity index is 321. The molecule has 16 heavy (non-hydrogen) atoms. The summed E-state index contributed by atoms with van der Waals surface area (Å²) in [4.78, 5) is 4.34. The van der Waals surface area contributed by atoms with Crippen LogP contribution in [0.2, 0.25) is 0 Å². The maximum atomic E-state index is 5.55. The molecule has 0 saturated carbocycles. The first-order chi connectivity index (χ1) is 7.65. The van der Waals surface area contributed by atoms with Gasteiger partial charge >= 0.3 is 0 Å². The lowest BCUT2D eigenvalue weighted by Gasteiger charge is -2.29. The molecule has 0 atom stereocenters. The molecule has 0 bridgehead atoms. The summed E-state index contributed by atoms with van der Waals surface area (Å²) in [5, 5.41) is 3.47. The lowest BCUT2D eigenvalue weighted by molar-refractivity contribution is 0.338. The van der Waals surface area contributed by atoms with Crippen LogP contribution in [0, 0.1) is 0 Å². The van der Waals surface area contributed by atoms with Gasteiger partial charge in [0, 0.05) is 11.7 Å². The molecule has 1 rings (SSSR count). The lowest BCUT2D eigenvalue weighted by atomic mass is 9.95. The van der Waals surface area contributed by atoms with Gasteiger partial charge in [0.1, 0.15) is 0 Å². The molecule has 0 amide bonds. The molecule has 1 N–H and O–H groups in total. The zero-order valence-corrected chi connectivity index (χ0v) is 10.7. The molecule has 1 aromatic heterocycles. The van der Waals surface area contributed by atoms with E-state index in [0.29, 0.717) is 6.61 Å². The summed E-state index contributed by atoms with van der Waals surface area (Å²) in [6.45, 7) is 9.21. The van der Waals surface area contributed by atoms with Crippen LogP contribution in [0.3, 0.4) is 0 Å². The Kier molecular flexibility index (Phi) is 4.59. The molecule has 0 aromatic carbocycles. The van der Waals surface area contributed by atoms with Gasteiger partial charge in [0.15, 0.2) is 11.6 Å². The predicted molar refractivity (Wildman–Crippen MR) is 68.0 cm³/mol. The minimum absolute atomic E-state index is 0.0835. The fourth-order valence-electron chi connectivity index (χ4n) is 1.47. The number of nitrogens with zero attached hydrogens (tertiary/aromatic N) is 1. The third-order valence-corrected chi connectivity index (χ3v) is 3.05. The number of hydrogen-bond donors (Lipinski definition) is 1. The average Bonchev–Trinajstić information content (AvgIpc) is 2.32. The van der Waals surface area contributed by atoms with E-state index >= 15 is 0 Å². The Morgan fingerprint density at radius 1 is 1.31 bits per heavy atom. The summed E-state index contributed by atoms with van der Waals surface area (Å²) < 4.78 is 5.55. The van der Waals surface area contributed by atoms with Crippen molar-refractivity contribution in [1.82, 2.24) is 4.98 Å². The van der Waals surface area contributed by atoms with Crippen molar-refractivity contribution in [3.05, 3.63) is 18.3 Å². The number of rotatable bonds is 6. The van der Waals surface area contributed by atoms with Crippen molar-refractivity contribution in [3.63, 3.8) is 0 Å². The van der Waals surface area contributed by atoms with Crippen molar-refractivity contribution in [2.24, 2.45) is 0 Å². The first-order valence-corrected chi connectivity index (χ1v) is 6.01. The Hall–Kier alpha value is -1.25. The molecule has 0 aliphatic rings. The van der Waals surface area contributed by atoms with E-state index in [9.17, 15) is 0 Å². The van der Waals surface area contributed by atoms with Gasteiger partial charge in [0.05, 0.1) is 6.61 Å². The predicted octanol–water partition coefficient (Wildman–Crippen LogP) is 3.47. The van der Waals surface area contributed by atoms with E-state index in [1.165, 1.54) is 0 Å². The molecule has 1 aromatic rings. The highest BCUT2D eigenvalue weighted by molar-refractivity contribution is 5.51. The number of pyridine rings is 1. The zero-order valence-electron chi connectivity index (χ0n) is 10.7. The third-order valence-electron chi connectivity index (χ3n) is 3.05. The summed E-state index contributed by atoms with van der Waals surface area (Å²) in [6.07, 6.45) is 3.91. The number of anilines is 1. The second kappa shape index (κ2) is 5.73. The monoisotopic (exact) mass is 222 g/mol. The van der Waals surface area contributed by atoms with Gasteiger partial charge < -0.3 is 10.1 Å². The molecular formula is C13H22N2O. The lowest BCUT2D eigenvalue weighted by Crippen LogP contribution is -2.33. The van der Waals surface area contributed by atoms with Gasteiger partial charge in [-0.3, -0.25) is 0 Å². The van der Waals surface area contributed by atoms with Crippen LogP contribution in [0.4, 0.5) is 5.82 Å². The molecule has 90 valence electrons. The van der Waals surface area contributed by atoms with Gasteiger partial charge in [-0.25, -0.2) is 4.98 Å². The van der Waals surface area contributed by atoms with E-state index in [2.05, 4.69) is 31.1 Å². The van der Waals surface area contributed by atoms with E-state index in [1.807, 2.05) is 19.1 Å². The second-order valence-corrected chi connectivity index (χ2v) is 4.18. The van der Waals surface area contributed by atoms with Crippen LogP contribution in [0.5, 0.6) is 5.75 Å². The van der Waals surface area contributed by atoms with Gasteiger partial charge in [-0.2, -0.15) is 0 Å². The van der Waals surface area contributed by atoms with Crippen LogP contribution in [0.15, 0.2) is 18.3 Å². The highest BCUT2D eigenvalue weighted by Gasteiger charge is 2.21. The average molecular weight is 222 g/mol. The fraction of sp³-hybridized carbons (Fsp3) is 0.615. The Morgan fingerprint density at radius 2 is 2.00 bits per heavy atom. The molecule has 1 heterocycles. The number of aromatic nitrogens is 1. The molecule has 0 saturated heterocycles. The minimum Gasteiger partial charge on any atom is -0.490 e. The maximum Gasteiger partial charge on any atom is 0.169 e. The highest BCUT2D eigenvalue weighted by Crippen LogP contribution is 2.27. The second-order valence-electron chi connectivity index (χ2n) is 4.18. The SMILES string of the molecule is CCOc1cccnc1NC(C)(CC)CC. The summed E-state index contributed by atoms with van der Waals surface area (Å²) in [5.74, 6) is 1.67. The largest absolute Gasteiger partial charge is 0.490 e. The third kappa shape index (κ3) is 3.12. The van der Waals surface area contributed by atoms with Crippen LogP contribution >= 0.6 is 0 Å². The zero-order chi connectivity index (χ0) is 12.0. The van der Waals surface area contributed by atoms with Gasteiger partial charge in [0.25, 0.3) is 0 Å². The van der Waals surface area contributed by atoms with Crippen molar-refractivity contribution >= 4 is 5.82 Å². The number of ether oxygens (including phenoxy) is 1. The first-order valence-electron chi connectivity index (χ1n) is 6.01.